The Morgan fingerprint density at radius 3 is 3.00 bits per heavy atom. The van der Waals surface area contributed by atoms with Gasteiger partial charge in [-0.15, -0.1) is 0 Å². The average molecular weight is 178 g/mol. The molecule has 1 heteroatoms. The number of allylic oxidation sites excluding steroid dienone is 2. The summed E-state index contributed by atoms with van der Waals surface area (Å²) in [5.41, 5.74) is 1.50. The summed E-state index contributed by atoms with van der Waals surface area (Å²) < 4.78 is 0. The number of carbonyl (C=O) groups is 1. The van der Waals surface area contributed by atoms with Crippen LogP contribution in [-0.2, 0) is 4.79 Å². The highest BCUT2D eigenvalue weighted by molar-refractivity contribution is 5.87. The molecule has 0 radical (unpaired) electrons. The number of Topliss-reactive ketones (excluding diaryl/α,β-unsaturated/α-hetero) is 1. The van der Waals surface area contributed by atoms with E-state index < -0.39 is 0 Å². The van der Waals surface area contributed by atoms with E-state index in [0.717, 1.165) is 32.1 Å². The van der Waals surface area contributed by atoms with Crippen molar-refractivity contribution in [3.05, 3.63) is 11.6 Å². The molecule has 0 spiro atoms. The zero-order valence-corrected chi connectivity index (χ0v) is 8.60. The van der Waals surface area contributed by atoms with Crippen LogP contribution in [0.1, 0.15) is 46.0 Å². The topological polar surface area (TPSA) is 17.1 Å². The van der Waals surface area contributed by atoms with Gasteiger partial charge in [-0.2, -0.15) is 0 Å². The Hall–Kier alpha value is -0.590. The van der Waals surface area contributed by atoms with E-state index in [-0.39, 0.29) is 5.41 Å². The van der Waals surface area contributed by atoms with Crippen LogP contribution in [0.3, 0.4) is 0 Å². The van der Waals surface area contributed by atoms with E-state index in [4.69, 9.17) is 0 Å². The van der Waals surface area contributed by atoms with E-state index in [1.807, 2.05) is 0 Å². The summed E-state index contributed by atoms with van der Waals surface area (Å²) in [6.07, 6.45) is 7.63. The molecule has 0 aromatic rings. The number of hydrogen-bond donors (Lipinski definition) is 0. The van der Waals surface area contributed by atoms with Crippen LogP contribution in [0.25, 0.3) is 0 Å². The van der Waals surface area contributed by atoms with E-state index in [1.165, 1.54) is 5.57 Å². The molecule has 0 saturated heterocycles. The highest BCUT2D eigenvalue weighted by Gasteiger charge is 2.45. The largest absolute Gasteiger partial charge is 0.299 e. The lowest BCUT2D eigenvalue weighted by atomic mass is 9.75. The first-order valence-corrected chi connectivity index (χ1v) is 5.32. The Morgan fingerprint density at radius 1 is 1.46 bits per heavy atom. The van der Waals surface area contributed by atoms with Crippen LogP contribution < -0.4 is 0 Å². The third kappa shape index (κ3) is 1.34. The normalized spacial score (nSPS) is 39.7. The first-order valence-electron chi connectivity index (χ1n) is 5.32. The van der Waals surface area contributed by atoms with Gasteiger partial charge in [0.15, 0.2) is 0 Å². The molecule has 2 atom stereocenters. The Kier molecular flexibility index (Phi) is 2.05. The second kappa shape index (κ2) is 2.97. The number of carbonyl (C=O) groups excluding carboxylic acids is 1. The van der Waals surface area contributed by atoms with Gasteiger partial charge in [0, 0.05) is 11.8 Å². The molecule has 0 aromatic carbocycles. The molecule has 0 heterocycles. The van der Waals surface area contributed by atoms with Gasteiger partial charge in [-0.25, -0.2) is 0 Å². The van der Waals surface area contributed by atoms with Gasteiger partial charge in [-0.3, -0.25) is 4.79 Å². The van der Waals surface area contributed by atoms with Crippen LogP contribution in [0, 0.1) is 11.3 Å². The number of ketones is 1. The van der Waals surface area contributed by atoms with Crippen LogP contribution in [0.4, 0.5) is 0 Å². The van der Waals surface area contributed by atoms with Gasteiger partial charge >= 0.3 is 0 Å². The fourth-order valence-corrected chi connectivity index (χ4v) is 2.76. The Morgan fingerprint density at radius 2 is 2.23 bits per heavy atom. The van der Waals surface area contributed by atoms with E-state index in [1.54, 1.807) is 0 Å². The molecule has 1 nitrogen and oxygen atoms in total. The van der Waals surface area contributed by atoms with Crippen LogP contribution in [-0.4, -0.2) is 5.78 Å². The van der Waals surface area contributed by atoms with Gasteiger partial charge in [-0.05, 0) is 38.5 Å². The average Bonchev–Trinajstić information content (AvgIpc) is 2.28. The van der Waals surface area contributed by atoms with E-state index in [2.05, 4.69) is 19.9 Å². The maximum absolute atomic E-state index is 11.8. The third-order valence-corrected chi connectivity index (χ3v) is 4.05. The molecule has 0 unspecified atom stereocenters. The van der Waals surface area contributed by atoms with Gasteiger partial charge in [0.2, 0.25) is 0 Å². The minimum absolute atomic E-state index is 0.0221. The third-order valence-electron chi connectivity index (χ3n) is 4.05. The summed E-state index contributed by atoms with van der Waals surface area (Å²) in [5, 5.41) is 0. The molecular formula is C12H18O. The van der Waals surface area contributed by atoms with E-state index in [9.17, 15) is 4.79 Å². The van der Waals surface area contributed by atoms with Crippen molar-refractivity contribution in [3.63, 3.8) is 0 Å². The van der Waals surface area contributed by atoms with Crippen molar-refractivity contribution >= 4 is 5.78 Å². The lowest BCUT2D eigenvalue weighted by Gasteiger charge is -2.27. The molecule has 0 amide bonds. The number of fused-ring (bicyclic) bond motifs is 1. The van der Waals surface area contributed by atoms with Crippen LogP contribution in [0.2, 0.25) is 0 Å². The number of rotatable bonds is 0. The van der Waals surface area contributed by atoms with Gasteiger partial charge in [0.1, 0.15) is 5.78 Å². The summed E-state index contributed by atoms with van der Waals surface area (Å²) >= 11 is 0. The molecule has 1 saturated carbocycles. The second-order valence-corrected chi connectivity index (χ2v) is 4.86. The fraction of sp³-hybridized carbons (Fsp3) is 0.750. The lowest BCUT2D eigenvalue weighted by Crippen LogP contribution is -2.27. The summed E-state index contributed by atoms with van der Waals surface area (Å²) in [7, 11) is 0. The summed E-state index contributed by atoms with van der Waals surface area (Å²) in [5.74, 6) is 1.15. The predicted molar refractivity (Wildman–Crippen MR) is 53.4 cm³/mol. The standard InChI is InChI=1S/C12H18O/c1-9-3-4-10-5-6-11(13)12(10,2)8-7-9/h3,10H,4-8H2,1-2H3/t10-,12+/m1/s1. The smallest absolute Gasteiger partial charge is 0.139 e. The van der Waals surface area contributed by atoms with Crippen molar-refractivity contribution in [2.45, 2.75) is 46.0 Å². The molecule has 0 aliphatic heterocycles. The van der Waals surface area contributed by atoms with Crippen molar-refractivity contribution in [2.24, 2.45) is 11.3 Å². The van der Waals surface area contributed by atoms with Crippen LogP contribution in [0.5, 0.6) is 0 Å². The van der Waals surface area contributed by atoms with E-state index in [0.29, 0.717) is 11.7 Å². The van der Waals surface area contributed by atoms with Crippen molar-refractivity contribution in [1.82, 2.24) is 0 Å². The maximum atomic E-state index is 11.8. The lowest BCUT2D eigenvalue weighted by molar-refractivity contribution is -0.126. The van der Waals surface area contributed by atoms with Crippen LogP contribution in [0.15, 0.2) is 11.6 Å². The molecule has 0 bridgehead atoms. The molecular weight excluding hydrogens is 160 g/mol. The minimum atomic E-state index is 0.0221. The molecule has 2 aliphatic carbocycles. The van der Waals surface area contributed by atoms with E-state index >= 15 is 0 Å². The Bertz CT molecular complexity index is 264. The molecule has 0 N–H and O–H groups in total. The first kappa shape index (κ1) is 8.98. The van der Waals surface area contributed by atoms with Gasteiger partial charge in [0.05, 0.1) is 0 Å². The maximum Gasteiger partial charge on any atom is 0.139 e. The van der Waals surface area contributed by atoms with Crippen molar-refractivity contribution in [2.75, 3.05) is 0 Å². The minimum Gasteiger partial charge on any atom is -0.299 e. The highest BCUT2D eigenvalue weighted by atomic mass is 16.1. The molecule has 0 aromatic heterocycles. The number of hydrogen-bond acceptors (Lipinski definition) is 1. The Balaban J connectivity index is 2.24. The summed E-state index contributed by atoms with van der Waals surface area (Å²) in [6.45, 7) is 4.37. The molecule has 2 aliphatic rings. The Labute approximate surface area is 80.2 Å². The summed E-state index contributed by atoms with van der Waals surface area (Å²) in [4.78, 5) is 11.8. The fourth-order valence-electron chi connectivity index (χ4n) is 2.76. The van der Waals surface area contributed by atoms with Gasteiger partial charge in [0.25, 0.3) is 0 Å². The summed E-state index contributed by atoms with van der Waals surface area (Å²) in [6, 6.07) is 0. The molecule has 13 heavy (non-hydrogen) atoms. The predicted octanol–water partition coefficient (Wildman–Crippen LogP) is 3.10. The van der Waals surface area contributed by atoms with Gasteiger partial charge < -0.3 is 0 Å². The second-order valence-electron chi connectivity index (χ2n) is 4.86. The highest BCUT2D eigenvalue weighted by Crippen LogP contribution is 2.47. The molecule has 72 valence electrons. The SMILES string of the molecule is CC1=CC[C@@H]2CCC(=O)[C@@]2(C)CC1. The zero-order valence-electron chi connectivity index (χ0n) is 8.60. The van der Waals surface area contributed by atoms with Crippen LogP contribution >= 0.6 is 0 Å². The van der Waals surface area contributed by atoms with Crippen molar-refractivity contribution in [1.29, 1.82) is 0 Å². The van der Waals surface area contributed by atoms with Crippen molar-refractivity contribution < 1.29 is 4.79 Å². The van der Waals surface area contributed by atoms with Gasteiger partial charge in [-0.1, -0.05) is 18.6 Å². The quantitative estimate of drug-likeness (QED) is 0.521. The van der Waals surface area contributed by atoms with Crippen molar-refractivity contribution in [3.8, 4) is 0 Å². The molecule has 2 rings (SSSR count). The molecule has 1 fully saturated rings. The zero-order chi connectivity index (χ0) is 9.47. The monoisotopic (exact) mass is 178 g/mol. The first-order chi connectivity index (χ1) is 6.13.